The van der Waals surface area contributed by atoms with Gasteiger partial charge in [0.2, 0.25) is 0 Å². The number of nitrogens with one attached hydrogen (secondary N) is 1. The fourth-order valence-electron chi connectivity index (χ4n) is 1.95. The molecule has 0 saturated heterocycles. The van der Waals surface area contributed by atoms with E-state index in [1.165, 1.54) is 0 Å². The first kappa shape index (κ1) is 13.2. The molecule has 1 unspecified atom stereocenters. The van der Waals surface area contributed by atoms with Crippen LogP contribution in [-0.2, 0) is 18.2 Å². The van der Waals surface area contributed by atoms with Gasteiger partial charge in [0.1, 0.15) is 0 Å². The summed E-state index contributed by atoms with van der Waals surface area (Å²) in [5.74, 6) is 0. The first-order valence-corrected chi connectivity index (χ1v) is 5.79. The Balaban J connectivity index is 2.68. The molecule has 0 aromatic carbocycles. The Morgan fingerprint density at radius 2 is 2.25 bits per heavy atom. The molecular weight excluding hydrogens is 202 g/mol. The normalized spacial score (nSPS) is 14.1. The molecule has 0 aliphatic heterocycles. The van der Waals surface area contributed by atoms with Crippen molar-refractivity contribution in [3.8, 4) is 0 Å². The van der Waals surface area contributed by atoms with Crippen molar-refractivity contribution >= 4 is 0 Å². The van der Waals surface area contributed by atoms with Crippen LogP contribution in [0, 0.1) is 0 Å². The van der Waals surface area contributed by atoms with E-state index >= 15 is 0 Å². The van der Waals surface area contributed by atoms with Crippen LogP contribution in [0.2, 0.25) is 0 Å². The highest BCUT2D eigenvalue weighted by molar-refractivity contribution is 5.04. The summed E-state index contributed by atoms with van der Waals surface area (Å²) in [5, 5.41) is 7.70. The summed E-state index contributed by atoms with van der Waals surface area (Å²) in [7, 11) is 3.90. The molecule has 1 atom stereocenters. The molecule has 4 nitrogen and oxygen atoms in total. The summed E-state index contributed by atoms with van der Waals surface area (Å²) in [6, 6.07) is 2.31. The number of aryl methyl sites for hydroxylation is 1. The van der Waals surface area contributed by atoms with Gasteiger partial charge < -0.3 is 10.1 Å². The summed E-state index contributed by atoms with van der Waals surface area (Å²) in [5.41, 5.74) is 0.913. The highest BCUT2D eigenvalue weighted by Crippen LogP contribution is 2.18. The average Bonchev–Trinajstić information content (AvgIpc) is 2.60. The van der Waals surface area contributed by atoms with Crippen LogP contribution in [0.4, 0.5) is 0 Å². The summed E-state index contributed by atoms with van der Waals surface area (Å²) >= 11 is 0. The predicted octanol–water partition coefficient (Wildman–Crippen LogP) is 1.37. The first-order chi connectivity index (χ1) is 7.49. The van der Waals surface area contributed by atoms with E-state index in [-0.39, 0.29) is 11.6 Å². The molecule has 0 spiro atoms. The number of hydrogen-bond donors (Lipinski definition) is 1. The quantitative estimate of drug-likeness (QED) is 0.794. The number of nitrogens with zero attached hydrogens (tertiary/aromatic N) is 2. The maximum absolute atomic E-state index is 5.76. The molecule has 0 saturated carbocycles. The van der Waals surface area contributed by atoms with Gasteiger partial charge in [-0.25, -0.2) is 0 Å². The minimum Gasteiger partial charge on any atom is -0.374 e. The maximum atomic E-state index is 5.76. The Bertz CT molecular complexity index is 320. The summed E-state index contributed by atoms with van der Waals surface area (Å²) in [4.78, 5) is 0. The van der Waals surface area contributed by atoms with E-state index in [1.807, 2.05) is 38.0 Å². The fraction of sp³-hybridized carbons (Fsp3) is 0.750. The molecule has 1 N–H and O–H groups in total. The lowest BCUT2D eigenvalue weighted by Crippen LogP contribution is -2.48. The number of likely N-dealkylation sites (N-methyl/N-ethyl adjacent to an activating group) is 1. The molecule has 16 heavy (non-hydrogen) atoms. The second-order valence-electron chi connectivity index (χ2n) is 4.56. The Morgan fingerprint density at radius 3 is 2.69 bits per heavy atom. The van der Waals surface area contributed by atoms with Gasteiger partial charge in [-0.05, 0) is 33.9 Å². The van der Waals surface area contributed by atoms with Gasteiger partial charge in [-0.1, -0.05) is 0 Å². The Kier molecular flexibility index (Phi) is 4.50. The SMILES string of the molecule is CCOC(C)(C)C(Cc1ccn(C)n1)NC. The van der Waals surface area contributed by atoms with Crippen LogP contribution in [-0.4, -0.2) is 35.1 Å². The molecule has 1 aromatic rings. The highest BCUT2D eigenvalue weighted by atomic mass is 16.5. The summed E-state index contributed by atoms with van der Waals surface area (Å²) in [6.45, 7) is 6.98. The molecule has 1 heterocycles. The van der Waals surface area contributed by atoms with Crippen LogP contribution in [0.1, 0.15) is 26.5 Å². The Morgan fingerprint density at radius 1 is 1.56 bits per heavy atom. The molecule has 0 radical (unpaired) electrons. The third-order valence-electron chi connectivity index (χ3n) is 2.89. The van der Waals surface area contributed by atoms with Crippen LogP contribution in [0.15, 0.2) is 12.3 Å². The van der Waals surface area contributed by atoms with Gasteiger partial charge in [0.15, 0.2) is 0 Å². The van der Waals surface area contributed by atoms with E-state index in [4.69, 9.17) is 4.74 Å². The van der Waals surface area contributed by atoms with E-state index in [0.717, 1.165) is 18.7 Å². The van der Waals surface area contributed by atoms with E-state index in [0.29, 0.717) is 0 Å². The second kappa shape index (κ2) is 5.46. The smallest absolute Gasteiger partial charge is 0.0782 e. The molecule has 0 bridgehead atoms. The monoisotopic (exact) mass is 225 g/mol. The maximum Gasteiger partial charge on any atom is 0.0782 e. The van der Waals surface area contributed by atoms with E-state index < -0.39 is 0 Å². The lowest BCUT2D eigenvalue weighted by atomic mass is 9.94. The van der Waals surface area contributed by atoms with Crippen LogP contribution in [0.3, 0.4) is 0 Å². The van der Waals surface area contributed by atoms with Crippen molar-refractivity contribution in [3.63, 3.8) is 0 Å². The van der Waals surface area contributed by atoms with Crippen molar-refractivity contribution in [2.24, 2.45) is 7.05 Å². The van der Waals surface area contributed by atoms with Crippen molar-refractivity contribution < 1.29 is 4.74 Å². The minimum absolute atomic E-state index is 0.180. The van der Waals surface area contributed by atoms with Crippen LogP contribution < -0.4 is 5.32 Å². The van der Waals surface area contributed by atoms with E-state index in [1.54, 1.807) is 0 Å². The topological polar surface area (TPSA) is 39.1 Å². The zero-order chi connectivity index (χ0) is 12.2. The largest absolute Gasteiger partial charge is 0.374 e. The van der Waals surface area contributed by atoms with Crippen LogP contribution in [0.25, 0.3) is 0 Å². The van der Waals surface area contributed by atoms with Crippen LogP contribution in [0.5, 0.6) is 0 Å². The average molecular weight is 225 g/mol. The van der Waals surface area contributed by atoms with Crippen LogP contribution >= 0.6 is 0 Å². The van der Waals surface area contributed by atoms with Gasteiger partial charge in [0.05, 0.1) is 11.3 Å². The van der Waals surface area contributed by atoms with Gasteiger partial charge in [0.25, 0.3) is 0 Å². The number of hydrogen-bond acceptors (Lipinski definition) is 3. The Labute approximate surface area is 98.0 Å². The predicted molar refractivity (Wildman–Crippen MR) is 65.5 cm³/mol. The van der Waals surface area contributed by atoms with Gasteiger partial charge >= 0.3 is 0 Å². The van der Waals surface area contributed by atoms with E-state index in [9.17, 15) is 0 Å². The first-order valence-electron chi connectivity index (χ1n) is 5.79. The molecular formula is C12H23N3O. The molecule has 0 aliphatic carbocycles. The third-order valence-corrected chi connectivity index (χ3v) is 2.89. The standard InChI is InChI=1S/C12H23N3O/c1-6-16-12(2,3)11(13-4)9-10-7-8-15(5)14-10/h7-8,11,13H,6,9H2,1-5H3. The molecule has 0 aliphatic rings. The van der Waals surface area contributed by atoms with Gasteiger partial charge in [-0.15, -0.1) is 0 Å². The van der Waals surface area contributed by atoms with Gasteiger partial charge in [-0.3, -0.25) is 4.68 Å². The lowest BCUT2D eigenvalue weighted by Gasteiger charge is -2.33. The number of rotatable bonds is 6. The summed E-state index contributed by atoms with van der Waals surface area (Å²) < 4.78 is 7.59. The molecule has 1 rings (SSSR count). The lowest BCUT2D eigenvalue weighted by molar-refractivity contribution is -0.0365. The Hall–Kier alpha value is -0.870. The van der Waals surface area contributed by atoms with Gasteiger partial charge in [-0.2, -0.15) is 5.10 Å². The van der Waals surface area contributed by atoms with Gasteiger partial charge in [0, 0.05) is 32.3 Å². The molecule has 92 valence electrons. The van der Waals surface area contributed by atoms with Crippen molar-refractivity contribution in [2.75, 3.05) is 13.7 Å². The summed E-state index contributed by atoms with van der Waals surface area (Å²) in [6.07, 6.45) is 2.85. The van der Waals surface area contributed by atoms with Crippen molar-refractivity contribution in [3.05, 3.63) is 18.0 Å². The highest BCUT2D eigenvalue weighted by Gasteiger charge is 2.29. The zero-order valence-corrected chi connectivity index (χ0v) is 10.9. The second-order valence-corrected chi connectivity index (χ2v) is 4.56. The fourth-order valence-corrected chi connectivity index (χ4v) is 1.95. The third kappa shape index (κ3) is 3.32. The number of aromatic nitrogens is 2. The molecule has 0 amide bonds. The number of ether oxygens (including phenoxy) is 1. The zero-order valence-electron chi connectivity index (χ0n) is 10.9. The molecule has 1 aromatic heterocycles. The minimum atomic E-state index is -0.180. The van der Waals surface area contributed by atoms with Crippen molar-refractivity contribution in [1.82, 2.24) is 15.1 Å². The molecule has 4 heteroatoms. The molecule has 0 fully saturated rings. The van der Waals surface area contributed by atoms with Crippen molar-refractivity contribution in [2.45, 2.75) is 38.8 Å². The van der Waals surface area contributed by atoms with Crippen molar-refractivity contribution in [1.29, 1.82) is 0 Å². The van der Waals surface area contributed by atoms with E-state index in [2.05, 4.69) is 24.3 Å².